The molecule has 0 aliphatic rings. The Balaban J connectivity index is 2.95. The van der Waals surface area contributed by atoms with Gasteiger partial charge < -0.3 is 10.2 Å². The molecule has 0 heterocycles. The third-order valence-corrected chi connectivity index (χ3v) is 2.98. The van der Waals surface area contributed by atoms with Crippen LogP contribution in [0, 0.1) is 11.3 Å². The summed E-state index contributed by atoms with van der Waals surface area (Å²) >= 11 is 0. The van der Waals surface area contributed by atoms with Gasteiger partial charge in [-0.1, -0.05) is 19.9 Å². The van der Waals surface area contributed by atoms with Crippen molar-refractivity contribution in [3.8, 4) is 6.07 Å². The Morgan fingerprint density at radius 1 is 1.28 bits per heavy atom. The highest BCUT2D eigenvalue weighted by Gasteiger charge is 2.09. The number of nitrogens with zero attached hydrogens (tertiary/aromatic N) is 2. The number of nitriles is 1. The standard InChI is InChI=1S/C15H23N3/c1-4-9-18(6-3)15-8-7-13(12-17-5-2)10-14(15)11-16/h7-8,10,17H,4-6,9,12H2,1-3H3. The van der Waals surface area contributed by atoms with Crippen LogP contribution in [0.25, 0.3) is 0 Å². The Hall–Kier alpha value is -1.53. The average Bonchev–Trinajstić information content (AvgIpc) is 2.42. The number of rotatable bonds is 7. The first kappa shape index (κ1) is 14.5. The Morgan fingerprint density at radius 2 is 2.06 bits per heavy atom. The Labute approximate surface area is 110 Å². The van der Waals surface area contributed by atoms with Crippen LogP contribution in [0.15, 0.2) is 18.2 Å². The second kappa shape index (κ2) is 7.73. The minimum Gasteiger partial charge on any atom is -0.371 e. The fourth-order valence-corrected chi connectivity index (χ4v) is 2.05. The van der Waals surface area contributed by atoms with Gasteiger partial charge in [0.05, 0.1) is 11.3 Å². The lowest BCUT2D eigenvalue weighted by molar-refractivity contribution is 0.726. The van der Waals surface area contributed by atoms with Gasteiger partial charge in [-0.3, -0.25) is 0 Å². The van der Waals surface area contributed by atoms with E-state index in [0.29, 0.717) is 0 Å². The first-order valence-corrected chi connectivity index (χ1v) is 6.75. The Bertz CT molecular complexity index is 407. The van der Waals surface area contributed by atoms with Crippen molar-refractivity contribution in [3.05, 3.63) is 29.3 Å². The maximum absolute atomic E-state index is 9.28. The van der Waals surface area contributed by atoms with Crippen LogP contribution in [0.5, 0.6) is 0 Å². The van der Waals surface area contributed by atoms with Crippen LogP contribution in [0.4, 0.5) is 5.69 Å². The monoisotopic (exact) mass is 245 g/mol. The minimum absolute atomic E-state index is 0.778. The average molecular weight is 245 g/mol. The van der Waals surface area contributed by atoms with Crippen molar-refractivity contribution in [1.29, 1.82) is 5.26 Å². The van der Waals surface area contributed by atoms with E-state index in [4.69, 9.17) is 0 Å². The molecule has 0 fully saturated rings. The van der Waals surface area contributed by atoms with E-state index in [1.807, 2.05) is 6.07 Å². The first-order valence-electron chi connectivity index (χ1n) is 6.75. The summed E-state index contributed by atoms with van der Waals surface area (Å²) in [5.74, 6) is 0. The number of nitrogens with one attached hydrogen (secondary N) is 1. The Kier molecular flexibility index (Phi) is 6.24. The summed E-state index contributed by atoms with van der Waals surface area (Å²) in [6.45, 7) is 10.1. The van der Waals surface area contributed by atoms with Gasteiger partial charge in [-0.25, -0.2) is 0 Å². The van der Waals surface area contributed by atoms with Crippen molar-refractivity contribution in [2.75, 3.05) is 24.5 Å². The van der Waals surface area contributed by atoms with Gasteiger partial charge in [0.2, 0.25) is 0 Å². The summed E-state index contributed by atoms with van der Waals surface area (Å²) in [7, 11) is 0. The molecule has 18 heavy (non-hydrogen) atoms. The van der Waals surface area contributed by atoms with Gasteiger partial charge in [0.1, 0.15) is 6.07 Å². The van der Waals surface area contributed by atoms with E-state index in [2.05, 4.69) is 49.2 Å². The van der Waals surface area contributed by atoms with Crippen LogP contribution in [-0.4, -0.2) is 19.6 Å². The largest absolute Gasteiger partial charge is 0.371 e. The predicted octanol–water partition coefficient (Wildman–Crippen LogP) is 2.90. The van der Waals surface area contributed by atoms with E-state index in [1.165, 1.54) is 5.56 Å². The lowest BCUT2D eigenvalue weighted by Crippen LogP contribution is -2.24. The van der Waals surface area contributed by atoms with Gasteiger partial charge in [-0.05, 0) is 37.6 Å². The molecule has 0 atom stereocenters. The highest BCUT2D eigenvalue weighted by atomic mass is 15.1. The Morgan fingerprint density at radius 3 is 2.61 bits per heavy atom. The molecule has 0 aromatic heterocycles. The summed E-state index contributed by atoms with van der Waals surface area (Å²) in [6, 6.07) is 8.49. The van der Waals surface area contributed by atoms with E-state index >= 15 is 0 Å². The van der Waals surface area contributed by atoms with Crippen LogP contribution < -0.4 is 10.2 Å². The van der Waals surface area contributed by atoms with Crippen molar-refractivity contribution in [2.24, 2.45) is 0 Å². The molecular formula is C15H23N3. The molecule has 0 unspecified atom stereocenters. The molecule has 1 aromatic rings. The summed E-state index contributed by atoms with van der Waals surface area (Å²) in [5.41, 5.74) is 3.01. The van der Waals surface area contributed by atoms with E-state index in [9.17, 15) is 5.26 Å². The van der Waals surface area contributed by atoms with Gasteiger partial charge >= 0.3 is 0 Å². The van der Waals surface area contributed by atoms with Crippen molar-refractivity contribution < 1.29 is 0 Å². The number of hydrogen-bond donors (Lipinski definition) is 1. The molecule has 1 aromatic carbocycles. The van der Waals surface area contributed by atoms with E-state index < -0.39 is 0 Å². The molecule has 3 nitrogen and oxygen atoms in total. The lowest BCUT2D eigenvalue weighted by atomic mass is 10.1. The summed E-state index contributed by atoms with van der Waals surface area (Å²) in [6.07, 6.45) is 1.10. The molecule has 0 saturated carbocycles. The maximum Gasteiger partial charge on any atom is 0.101 e. The lowest BCUT2D eigenvalue weighted by Gasteiger charge is -2.23. The van der Waals surface area contributed by atoms with E-state index in [0.717, 1.165) is 43.9 Å². The maximum atomic E-state index is 9.28. The molecule has 1 N–H and O–H groups in total. The SMILES string of the molecule is CCCN(CC)c1ccc(CNCC)cc1C#N. The van der Waals surface area contributed by atoms with Gasteiger partial charge in [0.25, 0.3) is 0 Å². The quantitative estimate of drug-likeness (QED) is 0.803. The highest BCUT2D eigenvalue weighted by molar-refractivity contribution is 5.60. The van der Waals surface area contributed by atoms with Crippen LogP contribution in [-0.2, 0) is 6.54 Å². The molecule has 1 rings (SSSR count). The van der Waals surface area contributed by atoms with Gasteiger partial charge in [0, 0.05) is 19.6 Å². The van der Waals surface area contributed by atoms with Crippen molar-refractivity contribution in [3.63, 3.8) is 0 Å². The molecule has 0 aliphatic carbocycles. The zero-order chi connectivity index (χ0) is 13.4. The molecule has 0 radical (unpaired) electrons. The van der Waals surface area contributed by atoms with Gasteiger partial charge in [0.15, 0.2) is 0 Å². The summed E-state index contributed by atoms with van der Waals surface area (Å²) in [4.78, 5) is 2.26. The number of anilines is 1. The van der Waals surface area contributed by atoms with Crippen LogP contribution >= 0.6 is 0 Å². The predicted molar refractivity (Wildman–Crippen MR) is 76.7 cm³/mol. The van der Waals surface area contributed by atoms with Crippen LogP contribution in [0.2, 0.25) is 0 Å². The summed E-state index contributed by atoms with van der Waals surface area (Å²) < 4.78 is 0. The van der Waals surface area contributed by atoms with E-state index in [-0.39, 0.29) is 0 Å². The number of hydrogen-bond acceptors (Lipinski definition) is 3. The minimum atomic E-state index is 0.778. The smallest absolute Gasteiger partial charge is 0.101 e. The zero-order valence-corrected chi connectivity index (χ0v) is 11.7. The van der Waals surface area contributed by atoms with Crippen LogP contribution in [0.1, 0.15) is 38.3 Å². The molecule has 0 aliphatic heterocycles. The van der Waals surface area contributed by atoms with E-state index in [1.54, 1.807) is 0 Å². The molecule has 0 saturated heterocycles. The van der Waals surface area contributed by atoms with Gasteiger partial charge in [-0.2, -0.15) is 5.26 Å². The molecule has 0 spiro atoms. The van der Waals surface area contributed by atoms with Crippen molar-refractivity contribution >= 4 is 5.69 Å². The second-order valence-electron chi connectivity index (χ2n) is 4.32. The molecule has 0 bridgehead atoms. The van der Waals surface area contributed by atoms with Crippen molar-refractivity contribution in [2.45, 2.75) is 33.7 Å². The molecular weight excluding hydrogens is 222 g/mol. The fraction of sp³-hybridized carbons (Fsp3) is 0.533. The van der Waals surface area contributed by atoms with Gasteiger partial charge in [-0.15, -0.1) is 0 Å². The number of benzene rings is 1. The highest BCUT2D eigenvalue weighted by Crippen LogP contribution is 2.21. The van der Waals surface area contributed by atoms with Crippen LogP contribution in [0.3, 0.4) is 0 Å². The normalized spacial score (nSPS) is 10.1. The summed E-state index contributed by atoms with van der Waals surface area (Å²) in [5, 5.41) is 12.6. The van der Waals surface area contributed by atoms with Crippen molar-refractivity contribution in [1.82, 2.24) is 5.32 Å². The third kappa shape index (κ3) is 3.75. The molecule has 3 heteroatoms. The second-order valence-corrected chi connectivity index (χ2v) is 4.32. The zero-order valence-electron chi connectivity index (χ0n) is 11.7. The first-order chi connectivity index (χ1) is 8.76. The molecule has 0 amide bonds. The molecule has 98 valence electrons. The topological polar surface area (TPSA) is 39.1 Å². The third-order valence-electron chi connectivity index (χ3n) is 2.98. The fourth-order valence-electron chi connectivity index (χ4n) is 2.05.